The lowest BCUT2D eigenvalue weighted by molar-refractivity contribution is 0.313. The lowest BCUT2D eigenvalue weighted by atomic mass is 9.95. The van der Waals surface area contributed by atoms with E-state index >= 15 is 0 Å². The molecule has 0 bridgehead atoms. The van der Waals surface area contributed by atoms with Crippen LogP contribution in [-0.4, -0.2) is 36.5 Å². The molecule has 1 aromatic heterocycles. The van der Waals surface area contributed by atoms with Crippen LogP contribution in [0, 0.1) is 6.92 Å². The van der Waals surface area contributed by atoms with Gasteiger partial charge in [0.1, 0.15) is 0 Å². The summed E-state index contributed by atoms with van der Waals surface area (Å²) in [5.74, 6) is 0.418. The molecule has 1 fully saturated rings. The van der Waals surface area contributed by atoms with E-state index in [0.29, 0.717) is 13.1 Å². The monoisotopic (exact) mass is 268 g/mol. The Bertz CT molecular complexity index is 513. The van der Waals surface area contributed by atoms with Gasteiger partial charge in [0.05, 0.1) is 5.75 Å². The predicted molar refractivity (Wildman–Crippen MR) is 72.0 cm³/mol. The summed E-state index contributed by atoms with van der Waals surface area (Å²) < 4.78 is 25.4. The van der Waals surface area contributed by atoms with Gasteiger partial charge in [-0.25, -0.2) is 12.7 Å². The van der Waals surface area contributed by atoms with E-state index in [0.717, 1.165) is 24.2 Å². The van der Waals surface area contributed by atoms with Crippen molar-refractivity contribution in [2.24, 2.45) is 0 Å². The molecule has 0 spiro atoms. The lowest BCUT2D eigenvalue weighted by Gasteiger charge is -2.31. The van der Waals surface area contributed by atoms with Crippen molar-refractivity contribution in [2.45, 2.75) is 32.6 Å². The number of hydrogen-bond donors (Lipinski definition) is 0. The normalized spacial score (nSPS) is 22.0. The second-order valence-electron chi connectivity index (χ2n) is 4.80. The van der Waals surface area contributed by atoms with E-state index in [1.54, 1.807) is 11.2 Å². The second kappa shape index (κ2) is 5.36. The number of aryl methyl sites for hydroxylation is 1. The van der Waals surface area contributed by atoms with E-state index in [-0.39, 0.29) is 11.7 Å². The van der Waals surface area contributed by atoms with E-state index in [4.69, 9.17) is 0 Å². The Morgan fingerprint density at radius 3 is 2.89 bits per heavy atom. The average Bonchev–Trinajstić information content (AvgIpc) is 2.39. The summed E-state index contributed by atoms with van der Waals surface area (Å²) >= 11 is 0. The third kappa shape index (κ3) is 2.90. The largest absolute Gasteiger partial charge is 0.258 e. The van der Waals surface area contributed by atoms with Crippen molar-refractivity contribution in [1.29, 1.82) is 0 Å². The molecule has 1 atom stereocenters. The van der Waals surface area contributed by atoms with Crippen molar-refractivity contribution < 1.29 is 8.42 Å². The number of sulfonamides is 1. The highest BCUT2D eigenvalue weighted by atomic mass is 32.2. The van der Waals surface area contributed by atoms with Crippen molar-refractivity contribution in [3.8, 4) is 0 Å². The summed E-state index contributed by atoms with van der Waals surface area (Å²) in [5.41, 5.74) is 2.01. The van der Waals surface area contributed by atoms with Crippen molar-refractivity contribution >= 4 is 10.0 Å². The number of nitrogens with zero attached hydrogens (tertiary/aromatic N) is 2. The third-order valence-electron chi connectivity index (χ3n) is 3.47. The van der Waals surface area contributed by atoms with Crippen molar-refractivity contribution in [3.63, 3.8) is 0 Å². The molecule has 1 aliphatic heterocycles. The molecule has 4 nitrogen and oxygen atoms in total. The molecule has 0 aromatic carbocycles. The highest BCUT2D eigenvalue weighted by molar-refractivity contribution is 7.89. The molecule has 0 amide bonds. The predicted octanol–water partition coefficient (Wildman–Crippen LogP) is 1.92. The molecule has 0 radical (unpaired) electrons. The molecular formula is C13H20N2O2S. The van der Waals surface area contributed by atoms with Gasteiger partial charge in [-0.2, -0.15) is 0 Å². The van der Waals surface area contributed by atoms with Crippen molar-refractivity contribution in [3.05, 3.63) is 29.6 Å². The molecule has 0 aliphatic carbocycles. The van der Waals surface area contributed by atoms with E-state index in [1.165, 1.54) is 0 Å². The summed E-state index contributed by atoms with van der Waals surface area (Å²) in [7, 11) is -3.07. The molecule has 1 aliphatic rings. The van der Waals surface area contributed by atoms with Crippen LogP contribution in [0.1, 0.15) is 37.1 Å². The molecular weight excluding hydrogens is 248 g/mol. The average molecular weight is 268 g/mol. The van der Waals surface area contributed by atoms with Crippen molar-refractivity contribution in [1.82, 2.24) is 9.29 Å². The highest BCUT2D eigenvalue weighted by Gasteiger charge is 2.28. The number of hydrogen-bond acceptors (Lipinski definition) is 3. The molecule has 2 heterocycles. The fourth-order valence-electron chi connectivity index (χ4n) is 2.41. The van der Waals surface area contributed by atoms with E-state index in [2.05, 4.69) is 4.98 Å². The second-order valence-corrected chi connectivity index (χ2v) is 7.06. The fraction of sp³-hybridized carbons (Fsp3) is 0.615. The van der Waals surface area contributed by atoms with Gasteiger partial charge in [-0.1, -0.05) is 6.07 Å². The summed E-state index contributed by atoms with van der Waals surface area (Å²) in [6.45, 7) is 4.89. The van der Waals surface area contributed by atoms with Gasteiger partial charge in [0.25, 0.3) is 0 Å². The van der Waals surface area contributed by atoms with Crippen LogP contribution in [0.5, 0.6) is 0 Å². The zero-order valence-electron chi connectivity index (χ0n) is 11.0. The topological polar surface area (TPSA) is 50.3 Å². The Kier molecular flexibility index (Phi) is 4.02. The Labute approximate surface area is 109 Å². The van der Waals surface area contributed by atoms with Crippen LogP contribution >= 0.6 is 0 Å². The van der Waals surface area contributed by atoms with Crippen LogP contribution in [0.2, 0.25) is 0 Å². The van der Waals surface area contributed by atoms with Crippen molar-refractivity contribution in [2.75, 3.05) is 18.8 Å². The molecule has 1 saturated heterocycles. The molecule has 1 unspecified atom stereocenters. The van der Waals surface area contributed by atoms with Crippen LogP contribution in [0.3, 0.4) is 0 Å². The lowest BCUT2D eigenvalue weighted by Crippen LogP contribution is -2.40. The number of pyridine rings is 1. The third-order valence-corrected chi connectivity index (χ3v) is 5.32. The Morgan fingerprint density at radius 2 is 2.22 bits per heavy atom. The molecule has 0 saturated carbocycles. The Balaban J connectivity index is 2.17. The van der Waals surface area contributed by atoms with Gasteiger partial charge in [0, 0.05) is 30.4 Å². The maximum Gasteiger partial charge on any atom is 0.213 e. The van der Waals surface area contributed by atoms with Gasteiger partial charge < -0.3 is 0 Å². The van der Waals surface area contributed by atoms with E-state index in [9.17, 15) is 8.42 Å². The number of aromatic nitrogens is 1. The zero-order valence-corrected chi connectivity index (χ0v) is 11.8. The van der Waals surface area contributed by atoms with Gasteiger partial charge in [-0.15, -0.1) is 0 Å². The standard InChI is InChI=1S/C13H20N2O2S/c1-3-18(16,17)15-9-5-7-12(10-15)13-8-4-6-11(2)14-13/h4,6,8,12H,3,5,7,9-10H2,1-2H3. The summed E-state index contributed by atoms with van der Waals surface area (Å²) in [6.07, 6.45) is 1.94. The van der Waals surface area contributed by atoms with Gasteiger partial charge in [-0.05, 0) is 38.8 Å². The molecule has 5 heteroatoms. The first-order valence-corrected chi connectivity index (χ1v) is 8.05. The Hall–Kier alpha value is -0.940. The minimum atomic E-state index is -3.07. The molecule has 0 N–H and O–H groups in total. The van der Waals surface area contributed by atoms with Crippen LogP contribution in [-0.2, 0) is 10.0 Å². The molecule has 18 heavy (non-hydrogen) atoms. The smallest absolute Gasteiger partial charge is 0.213 e. The molecule has 2 rings (SSSR count). The maximum atomic E-state index is 11.9. The summed E-state index contributed by atoms with van der Waals surface area (Å²) in [4.78, 5) is 4.52. The van der Waals surface area contributed by atoms with Crippen LogP contribution in [0.4, 0.5) is 0 Å². The fourth-order valence-corrected chi connectivity index (χ4v) is 3.59. The first-order chi connectivity index (χ1) is 8.53. The quantitative estimate of drug-likeness (QED) is 0.841. The first kappa shape index (κ1) is 13.5. The van der Waals surface area contributed by atoms with Gasteiger partial charge >= 0.3 is 0 Å². The highest BCUT2D eigenvalue weighted by Crippen LogP contribution is 2.27. The number of rotatable bonds is 3. The van der Waals surface area contributed by atoms with Gasteiger partial charge in [0.15, 0.2) is 0 Å². The Morgan fingerprint density at radius 1 is 1.44 bits per heavy atom. The van der Waals surface area contributed by atoms with Gasteiger partial charge in [-0.3, -0.25) is 4.98 Å². The minimum absolute atomic E-state index is 0.182. The zero-order chi connectivity index (χ0) is 13.2. The van der Waals surface area contributed by atoms with Crippen LogP contribution in [0.25, 0.3) is 0 Å². The SMILES string of the molecule is CCS(=O)(=O)N1CCCC(c2cccc(C)n2)C1. The molecule has 1 aromatic rings. The first-order valence-electron chi connectivity index (χ1n) is 6.44. The summed E-state index contributed by atoms with van der Waals surface area (Å²) in [6, 6.07) is 5.96. The van der Waals surface area contributed by atoms with Crippen LogP contribution < -0.4 is 0 Å². The van der Waals surface area contributed by atoms with Crippen LogP contribution in [0.15, 0.2) is 18.2 Å². The minimum Gasteiger partial charge on any atom is -0.258 e. The van der Waals surface area contributed by atoms with Gasteiger partial charge in [0.2, 0.25) is 10.0 Å². The maximum absolute atomic E-state index is 11.9. The number of piperidine rings is 1. The summed E-state index contributed by atoms with van der Waals surface area (Å²) in [5, 5.41) is 0. The molecule has 100 valence electrons. The van der Waals surface area contributed by atoms with E-state index in [1.807, 2.05) is 25.1 Å². The van der Waals surface area contributed by atoms with E-state index < -0.39 is 10.0 Å².